The minimum atomic E-state index is 0.131. The van der Waals surface area contributed by atoms with Crippen LogP contribution < -0.4 is 5.32 Å². The van der Waals surface area contributed by atoms with Gasteiger partial charge in [-0.1, -0.05) is 13.8 Å². The Kier molecular flexibility index (Phi) is 10.5. The highest BCUT2D eigenvalue weighted by molar-refractivity contribution is 5.75. The lowest BCUT2D eigenvalue weighted by atomic mass is 10.3. The zero-order valence-electron chi connectivity index (χ0n) is 10.9. The Bertz CT molecular complexity index is 170. The van der Waals surface area contributed by atoms with Gasteiger partial charge in [0.15, 0.2) is 0 Å². The second-order valence-corrected chi connectivity index (χ2v) is 3.68. The molecule has 0 radical (unpaired) electrons. The molecule has 0 fully saturated rings. The van der Waals surface area contributed by atoms with Crippen LogP contribution in [-0.2, 0) is 9.53 Å². The first kappa shape index (κ1) is 15.4. The Morgan fingerprint density at radius 1 is 1.25 bits per heavy atom. The standard InChI is InChI=1S/C12H26N2O2/c1-4-14(5-2)10-9-13-12(15)8-7-11-16-6-3/h4-11H2,1-3H3,(H,13,15). The normalized spacial score (nSPS) is 10.8. The van der Waals surface area contributed by atoms with E-state index in [1.165, 1.54) is 0 Å². The molecule has 4 nitrogen and oxygen atoms in total. The second-order valence-electron chi connectivity index (χ2n) is 3.68. The minimum absolute atomic E-state index is 0.131. The van der Waals surface area contributed by atoms with Gasteiger partial charge in [-0.2, -0.15) is 0 Å². The summed E-state index contributed by atoms with van der Waals surface area (Å²) in [5.41, 5.74) is 0. The molecule has 96 valence electrons. The zero-order valence-corrected chi connectivity index (χ0v) is 10.9. The second kappa shape index (κ2) is 10.9. The van der Waals surface area contributed by atoms with E-state index in [1.54, 1.807) is 0 Å². The number of carbonyl (C=O) groups is 1. The zero-order chi connectivity index (χ0) is 12.2. The smallest absolute Gasteiger partial charge is 0.220 e. The quantitative estimate of drug-likeness (QED) is 0.575. The topological polar surface area (TPSA) is 41.6 Å². The molecule has 0 heterocycles. The van der Waals surface area contributed by atoms with Gasteiger partial charge in [0, 0.05) is 32.7 Å². The van der Waals surface area contributed by atoms with Crippen molar-refractivity contribution in [2.75, 3.05) is 39.4 Å². The third kappa shape index (κ3) is 8.68. The number of amides is 1. The van der Waals surface area contributed by atoms with Gasteiger partial charge in [0.25, 0.3) is 0 Å². The first-order valence-electron chi connectivity index (χ1n) is 6.31. The average molecular weight is 230 g/mol. The third-order valence-electron chi connectivity index (χ3n) is 2.54. The molecule has 1 amide bonds. The molecular weight excluding hydrogens is 204 g/mol. The van der Waals surface area contributed by atoms with Gasteiger partial charge in [0.05, 0.1) is 0 Å². The summed E-state index contributed by atoms with van der Waals surface area (Å²) in [6.45, 7) is 11.4. The maximum atomic E-state index is 11.4. The fourth-order valence-corrected chi connectivity index (χ4v) is 1.46. The van der Waals surface area contributed by atoms with Crippen LogP contribution in [0.5, 0.6) is 0 Å². The third-order valence-corrected chi connectivity index (χ3v) is 2.54. The van der Waals surface area contributed by atoms with Crippen LogP contribution in [0, 0.1) is 0 Å². The van der Waals surface area contributed by atoms with E-state index in [9.17, 15) is 4.79 Å². The number of ether oxygens (including phenoxy) is 1. The number of hydrogen-bond acceptors (Lipinski definition) is 3. The summed E-state index contributed by atoms with van der Waals surface area (Å²) < 4.78 is 5.17. The highest BCUT2D eigenvalue weighted by atomic mass is 16.5. The van der Waals surface area contributed by atoms with E-state index >= 15 is 0 Å². The van der Waals surface area contributed by atoms with Crippen molar-refractivity contribution >= 4 is 5.91 Å². The first-order valence-corrected chi connectivity index (χ1v) is 6.31. The van der Waals surface area contributed by atoms with E-state index in [1.807, 2.05) is 6.92 Å². The number of rotatable bonds is 10. The van der Waals surface area contributed by atoms with Crippen LogP contribution in [0.15, 0.2) is 0 Å². The van der Waals surface area contributed by atoms with E-state index in [4.69, 9.17) is 4.74 Å². The summed E-state index contributed by atoms with van der Waals surface area (Å²) in [7, 11) is 0. The molecule has 0 aliphatic rings. The van der Waals surface area contributed by atoms with Crippen molar-refractivity contribution < 1.29 is 9.53 Å². The molecule has 0 aromatic rings. The largest absolute Gasteiger partial charge is 0.382 e. The molecule has 0 rings (SSSR count). The predicted molar refractivity (Wildman–Crippen MR) is 66.5 cm³/mol. The molecule has 4 heteroatoms. The lowest BCUT2D eigenvalue weighted by Gasteiger charge is -2.17. The lowest BCUT2D eigenvalue weighted by molar-refractivity contribution is -0.121. The van der Waals surface area contributed by atoms with Gasteiger partial charge in [0.1, 0.15) is 0 Å². The number of nitrogens with one attached hydrogen (secondary N) is 1. The molecular formula is C12H26N2O2. The van der Waals surface area contributed by atoms with Gasteiger partial charge < -0.3 is 15.0 Å². The highest BCUT2D eigenvalue weighted by Crippen LogP contribution is 1.90. The highest BCUT2D eigenvalue weighted by Gasteiger charge is 2.02. The molecule has 0 aromatic carbocycles. The maximum Gasteiger partial charge on any atom is 0.220 e. The van der Waals surface area contributed by atoms with E-state index < -0.39 is 0 Å². The van der Waals surface area contributed by atoms with Crippen molar-refractivity contribution in [2.24, 2.45) is 0 Å². The molecule has 0 saturated heterocycles. The van der Waals surface area contributed by atoms with Crippen LogP contribution in [0.3, 0.4) is 0 Å². The molecule has 0 aliphatic carbocycles. The summed E-state index contributed by atoms with van der Waals surface area (Å²) in [5.74, 6) is 0.131. The molecule has 16 heavy (non-hydrogen) atoms. The van der Waals surface area contributed by atoms with Crippen molar-refractivity contribution in [3.05, 3.63) is 0 Å². The van der Waals surface area contributed by atoms with Crippen molar-refractivity contribution in [3.8, 4) is 0 Å². The summed E-state index contributed by atoms with van der Waals surface area (Å²) in [5, 5.41) is 2.92. The summed E-state index contributed by atoms with van der Waals surface area (Å²) >= 11 is 0. The summed E-state index contributed by atoms with van der Waals surface area (Å²) in [6, 6.07) is 0. The van der Waals surface area contributed by atoms with Gasteiger partial charge in [-0.3, -0.25) is 4.79 Å². The van der Waals surface area contributed by atoms with Gasteiger partial charge in [-0.25, -0.2) is 0 Å². The van der Waals surface area contributed by atoms with Crippen LogP contribution in [-0.4, -0.2) is 50.2 Å². The Morgan fingerprint density at radius 3 is 2.50 bits per heavy atom. The van der Waals surface area contributed by atoms with Gasteiger partial charge in [-0.05, 0) is 26.4 Å². The van der Waals surface area contributed by atoms with Crippen LogP contribution in [0.2, 0.25) is 0 Å². The minimum Gasteiger partial charge on any atom is -0.382 e. The number of nitrogens with zero attached hydrogens (tertiary/aromatic N) is 1. The summed E-state index contributed by atoms with van der Waals surface area (Å²) in [4.78, 5) is 13.7. The molecule has 0 atom stereocenters. The van der Waals surface area contributed by atoms with Crippen molar-refractivity contribution in [1.82, 2.24) is 10.2 Å². The Balaban J connectivity index is 3.36. The van der Waals surface area contributed by atoms with Crippen molar-refractivity contribution in [2.45, 2.75) is 33.6 Å². The van der Waals surface area contributed by atoms with Gasteiger partial charge in [-0.15, -0.1) is 0 Å². The summed E-state index contributed by atoms with van der Waals surface area (Å²) in [6.07, 6.45) is 1.38. The molecule has 1 N–H and O–H groups in total. The van der Waals surface area contributed by atoms with E-state index in [2.05, 4.69) is 24.1 Å². The molecule has 0 aromatic heterocycles. The fraction of sp³-hybridized carbons (Fsp3) is 0.917. The first-order chi connectivity index (χ1) is 7.74. The average Bonchev–Trinajstić information content (AvgIpc) is 2.30. The lowest BCUT2D eigenvalue weighted by Crippen LogP contribution is -2.34. The van der Waals surface area contributed by atoms with Gasteiger partial charge in [0.2, 0.25) is 5.91 Å². The SMILES string of the molecule is CCOCCCC(=O)NCCN(CC)CC. The molecule has 0 saturated carbocycles. The Morgan fingerprint density at radius 2 is 1.94 bits per heavy atom. The number of carbonyl (C=O) groups excluding carboxylic acids is 1. The van der Waals surface area contributed by atoms with E-state index in [0.29, 0.717) is 13.0 Å². The maximum absolute atomic E-state index is 11.4. The fourth-order valence-electron chi connectivity index (χ4n) is 1.46. The molecule has 0 unspecified atom stereocenters. The van der Waals surface area contributed by atoms with E-state index in [0.717, 1.165) is 39.2 Å². The van der Waals surface area contributed by atoms with E-state index in [-0.39, 0.29) is 5.91 Å². The van der Waals surface area contributed by atoms with Gasteiger partial charge >= 0.3 is 0 Å². The Hall–Kier alpha value is -0.610. The molecule has 0 bridgehead atoms. The molecule has 0 spiro atoms. The molecule has 0 aliphatic heterocycles. The Labute approximate surface area is 99.3 Å². The van der Waals surface area contributed by atoms with Crippen LogP contribution in [0.4, 0.5) is 0 Å². The van der Waals surface area contributed by atoms with Crippen LogP contribution >= 0.6 is 0 Å². The predicted octanol–water partition coefficient (Wildman–Crippen LogP) is 1.26. The van der Waals surface area contributed by atoms with Crippen LogP contribution in [0.25, 0.3) is 0 Å². The van der Waals surface area contributed by atoms with Crippen LogP contribution in [0.1, 0.15) is 33.6 Å². The number of hydrogen-bond donors (Lipinski definition) is 1. The van der Waals surface area contributed by atoms with Crippen molar-refractivity contribution in [1.29, 1.82) is 0 Å². The monoisotopic (exact) mass is 230 g/mol. The van der Waals surface area contributed by atoms with Crippen molar-refractivity contribution in [3.63, 3.8) is 0 Å². The number of likely N-dealkylation sites (N-methyl/N-ethyl adjacent to an activating group) is 1.